The molecule has 0 spiro atoms. The fourth-order valence-corrected chi connectivity index (χ4v) is 1.66. The van der Waals surface area contributed by atoms with E-state index in [9.17, 15) is 4.79 Å². The Bertz CT molecular complexity index is 314. The van der Waals surface area contributed by atoms with Gasteiger partial charge < -0.3 is 11.1 Å². The van der Waals surface area contributed by atoms with Gasteiger partial charge in [-0.3, -0.25) is 4.79 Å². The third-order valence-electron chi connectivity index (χ3n) is 1.69. The molecule has 0 aliphatic heterocycles. The average molecular weight is 250 g/mol. The highest BCUT2D eigenvalue weighted by Crippen LogP contribution is 2.14. The Morgan fingerprint density at radius 1 is 1.73 bits per heavy atom. The van der Waals surface area contributed by atoms with E-state index >= 15 is 0 Å². The number of anilines is 1. The lowest BCUT2D eigenvalue weighted by Gasteiger charge is -2.03. The summed E-state index contributed by atoms with van der Waals surface area (Å²) in [5, 5.41) is 5.30. The number of aromatic nitrogens is 1. The second-order valence-corrected chi connectivity index (χ2v) is 4.22. The number of hydrogen-bond donors (Lipinski definition) is 2. The van der Waals surface area contributed by atoms with Crippen LogP contribution in [0.15, 0.2) is 5.38 Å². The van der Waals surface area contributed by atoms with Crippen LogP contribution in [-0.4, -0.2) is 16.9 Å². The topological polar surface area (TPSA) is 68.0 Å². The SMILES string of the molecule is Cc1csc(NC(=O)CCC(C)N)n1.Cl. The molecule has 0 aliphatic carbocycles. The zero-order chi connectivity index (χ0) is 10.6. The van der Waals surface area contributed by atoms with Gasteiger partial charge in [-0.15, -0.1) is 23.7 Å². The lowest BCUT2D eigenvalue weighted by Crippen LogP contribution is -2.19. The first-order valence-electron chi connectivity index (χ1n) is 4.55. The van der Waals surface area contributed by atoms with Gasteiger partial charge in [-0.25, -0.2) is 4.98 Å². The van der Waals surface area contributed by atoms with E-state index in [1.54, 1.807) is 0 Å². The lowest BCUT2D eigenvalue weighted by molar-refractivity contribution is -0.116. The van der Waals surface area contributed by atoms with Gasteiger partial charge in [0.25, 0.3) is 0 Å². The molecule has 0 saturated heterocycles. The molecule has 86 valence electrons. The van der Waals surface area contributed by atoms with Crippen LogP contribution in [0.5, 0.6) is 0 Å². The molecule has 6 heteroatoms. The number of nitrogens with one attached hydrogen (secondary N) is 1. The van der Waals surface area contributed by atoms with Crippen LogP contribution in [0, 0.1) is 6.92 Å². The third kappa shape index (κ3) is 5.71. The van der Waals surface area contributed by atoms with Crippen LogP contribution in [-0.2, 0) is 4.79 Å². The highest BCUT2D eigenvalue weighted by molar-refractivity contribution is 7.13. The Hall–Kier alpha value is -0.650. The molecule has 1 heterocycles. The molecule has 1 aromatic rings. The molecule has 4 nitrogen and oxygen atoms in total. The molecule has 1 amide bonds. The Kier molecular flexibility index (Phi) is 6.47. The minimum Gasteiger partial charge on any atom is -0.328 e. The number of carbonyl (C=O) groups excluding carboxylic acids is 1. The number of thiazole rings is 1. The van der Waals surface area contributed by atoms with E-state index in [2.05, 4.69) is 10.3 Å². The Balaban J connectivity index is 0.00000196. The second-order valence-electron chi connectivity index (χ2n) is 3.36. The van der Waals surface area contributed by atoms with Gasteiger partial charge in [0, 0.05) is 17.8 Å². The minimum atomic E-state index is -0.0170. The zero-order valence-electron chi connectivity index (χ0n) is 8.82. The molecule has 0 fully saturated rings. The van der Waals surface area contributed by atoms with Crippen LogP contribution in [0.25, 0.3) is 0 Å². The number of rotatable bonds is 4. The summed E-state index contributed by atoms with van der Waals surface area (Å²) in [6.07, 6.45) is 1.16. The van der Waals surface area contributed by atoms with E-state index in [-0.39, 0.29) is 24.4 Å². The highest BCUT2D eigenvalue weighted by atomic mass is 35.5. The maximum atomic E-state index is 11.3. The van der Waals surface area contributed by atoms with Gasteiger partial charge in [-0.2, -0.15) is 0 Å². The summed E-state index contributed by atoms with van der Waals surface area (Å²) >= 11 is 1.44. The van der Waals surface area contributed by atoms with Crippen molar-refractivity contribution in [1.82, 2.24) is 4.98 Å². The molecule has 0 saturated carbocycles. The minimum absolute atomic E-state index is 0. The summed E-state index contributed by atoms with van der Waals surface area (Å²) < 4.78 is 0. The van der Waals surface area contributed by atoms with Crippen molar-refractivity contribution in [3.63, 3.8) is 0 Å². The van der Waals surface area contributed by atoms with Crippen LogP contribution >= 0.6 is 23.7 Å². The molecule has 1 atom stereocenters. The van der Waals surface area contributed by atoms with Crippen molar-refractivity contribution < 1.29 is 4.79 Å². The van der Waals surface area contributed by atoms with Gasteiger partial charge >= 0.3 is 0 Å². The fourth-order valence-electron chi connectivity index (χ4n) is 0.952. The van der Waals surface area contributed by atoms with Gasteiger partial charge in [0.2, 0.25) is 5.91 Å². The quantitative estimate of drug-likeness (QED) is 0.857. The van der Waals surface area contributed by atoms with Crippen molar-refractivity contribution in [2.75, 3.05) is 5.32 Å². The predicted octanol–water partition coefficient (Wildman–Crippen LogP) is 1.94. The van der Waals surface area contributed by atoms with Crippen LogP contribution in [0.3, 0.4) is 0 Å². The van der Waals surface area contributed by atoms with E-state index in [4.69, 9.17) is 5.73 Å². The van der Waals surface area contributed by atoms with Crippen LogP contribution in [0.1, 0.15) is 25.5 Å². The normalized spacial score (nSPS) is 11.7. The summed E-state index contributed by atoms with van der Waals surface area (Å²) in [5.41, 5.74) is 6.47. The monoisotopic (exact) mass is 249 g/mol. The van der Waals surface area contributed by atoms with Gasteiger partial charge in [0.15, 0.2) is 5.13 Å². The molecule has 15 heavy (non-hydrogen) atoms. The Labute approximate surface area is 99.7 Å². The Morgan fingerprint density at radius 3 is 2.87 bits per heavy atom. The molecule has 1 aromatic heterocycles. The van der Waals surface area contributed by atoms with Crippen molar-refractivity contribution in [3.05, 3.63) is 11.1 Å². The van der Waals surface area contributed by atoms with Crippen molar-refractivity contribution in [2.45, 2.75) is 32.7 Å². The van der Waals surface area contributed by atoms with Crippen molar-refractivity contribution >= 4 is 34.8 Å². The summed E-state index contributed by atoms with van der Waals surface area (Å²) in [6, 6.07) is 0.0683. The smallest absolute Gasteiger partial charge is 0.226 e. The van der Waals surface area contributed by atoms with Gasteiger partial charge in [0.05, 0.1) is 5.69 Å². The Morgan fingerprint density at radius 2 is 2.40 bits per heavy atom. The van der Waals surface area contributed by atoms with Crippen molar-refractivity contribution in [1.29, 1.82) is 0 Å². The first kappa shape index (κ1) is 14.3. The van der Waals surface area contributed by atoms with Gasteiger partial charge in [-0.05, 0) is 20.3 Å². The summed E-state index contributed by atoms with van der Waals surface area (Å²) in [6.45, 7) is 3.79. The molecule has 0 aliphatic rings. The van der Waals surface area contributed by atoms with Gasteiger partial charge in [-0.1, -0.05) is 0 Å². The number of aryl methyl sites for hydroxylation is 1. The second kappa shape index (κ2) is 6.76. The molecule has 1 rings (SSSR count). The molecule has 0 radical (unpaired) electrons. The largest absolute Gasteiger partial charge is 0.328 e. The first-order chi connectivity index (χ1) is 6.58. The van der Waals surface area contributed by atoms with E-state index < -0.39 is 0 Å². The van der Waals surface area contributed by atoms with E-state index in [0.29, 0.717) is 18.0 Å². The third-order valence-corrected chi connectivity index (χ3v) is 2.57. The number of hydrogen-bond acceptors (Lipinski definition) is 4. The number of halogens is 1. The first-order valence-corrected chi connectivity index (χ1v) is 5.43. The number of nitrogens with zero attached hydrogens (tertiary/aromatic N) is 1. The molecule has 3 N–H and O–H groups in total. The fraction of sp³-hybridized carbons (Fsp3) is 0.556. The van der Waals surface area contributed by atoms with E-state index in [0.717, 1.165) is 5.69 Å². The molecular weight excluding hydrogens is 234 g/mol. The summed E-state index contributed by atoms with van der Waals surface area (Å²) in [5.74, 6) is -0.0170. The number of carbonyl (C=O) groups is 1. The van der Waals surface area contributed by atoms with Gasteiger partial charge in [0.1, 0.15) is 0 Å². The van der Waals surface area contributed by atoms with Crippen LogP contribution < -0.4 is 11.1 Å². The number of amides is 1. The highest BCUT2D eigenvalue weighted by Gasteiger charge is 2.05. The summed E-state index contributed by atoms with van der Waals surface area (Å²) in [4.78, 5) is 15.5. The van der Waals surface area contributed by atoms with Crippen LogP contribution in [0.4, 0.5) is 5.13 Å². The molecule has 0 bridgehead atoms. The average Bonchev–Trinajstić information content (AvgIpc) is 2.48. The predicted molar refractivity (Wildman–Crippen MR) is 65.6 cm³/mol. The molecule has 1 unspecified atom stereocenters. The molecular formula is C9H16ClN3OS. The summed E-state index contributed by atoms with van der Waals surface area (Å²) in [7, 11) is 0. The van der Waals surface area contributed by atoms with E-state index in [1.165, 1.54) is 11.3 Å². The zero-order valence-corrected chi connectivity index (χ0v) is 10.5. The number of nitrogens with two attached hydrogens (primary N) is 1. The lowest BCUT2D eigenvalue weighted by atomic mass is 10.2. The molecule has 0 aromatic carbocycles. The standard InChI is InChI=1S/C9H15N3OS.ClH/c1-6(10)3-4-8(13)12-9-11-7(2)5-14-9;/h5-6H,3-4,10H2,1-2H3,(H,11,12,13);1H. The maximum Gasteiger partial charge on any atom is 0.226 e. The maximum absolute atomic E-state index is 11.3. The van der Waals surface area contributed by atoms with Crippen molar-refractivity contribution in [2.24, 2.45) is 5.73 Å². The van der Waals surface area contributed by atoms with E-state index in [1.807, 2.05) is 19.2 Å². The van der Waals surface area contributed by atoms with Crippen LogP contribution in [0.2, 0.25) is 0 Å². The van der Waals surface area contributed by atoms with Crippen molar-refractivity contribution in [3.8, 4) is 0 Å².